The molecule has 1 aliphatic rings. The molecule has 0 unspecified atom stereocenters. The van der Waals surface area contributed by atoms with Crippen LogP contribution in [-0.4, -0.2) is 54.4 Å². The van der Waals surface area contributed by atoms with E-state index < -0.39 is 5.91 Å². The summed E-state index contributed by atoms with van der Waals surface area (Å²) in [7, 11) is 0. The van der Waals surface area contributed by atoms with Gasteiger partial charge in [-0.15, -0.1) is 0 Å². The van der Waals surface area contributed by atoms with Crippen molar-refractivity contribution in [2.45, 2.75) is 20.1 Å². The molecule has 1 aliphatic heterocycles. The van der Waals surface area contributed by atoms with Crippen LogP contribution >= 0.6 is 0 Å². The van der Waals surface area contributed by atoms with Crippen molar-refractivity contribution in [3.63, 3.8) is 0 Å². The maximum atomic E-state index is 13.1. The fraction of sp³-hybridized carbons (Fsp3) is 0.286. The number of carbonyl (C=O) groups is 2. The highest BCUT2D eigenvalue weighted by atomic mass is 16.5. The molecule has 0 bridgehead atoms. The molecular weight excluding hydrogens is 442 g/mol. The van der Waals surface area contributed by atoms with Crippen LogP contribution in [0.5, 0.6) is 11.5 Å². The van der Waals surface area contributed by atoms with Gasteiger partial charge in [-0.3, -0.25) is 14.5 Å². The van der Waals surface area contributed by atoms with E-state index in [1.165, 1.54) is 5.56 Å². The molecule has 1 heterocycles. The molecule has 2 amide bonds. The lowest BCUT2D eigenvalue weighted by Crippen LogP contribution is -2.48. The van der Waals surface area contributed by atoms with Gasteiger partial charge in [0.2, 0.25) is 0 Å². The van der Waals surface area contributed by atoms with Gasteiger partial charge in [-0.05, 0) is 54.4 Å². The smallest absolute Gasteiger partial charge is 0.253 e. The highest BCUT2D eigenvalue weighted by molar-refractivity contribution is 5.95. The zero-order valence-corrected chi connectivity index (χ0v) is 20.0. The Morgan fingerprint density at radius 1 is 0.857 bits per heavy atom. The monoisotopic (exact) mass is 473 g/mol. The first-order valence-electron chi connectivity index (χ1n) is 11.9. The van der Waals surface area contributed by atoms with Crippen molar-refractivity contribution >= 4 is 11.8 Å². The Labute approximate surface area is 206 Å². The Kier molecular flexibility index (Phi) is 8.00. The summed E-state index contributed by atoms with van der Waals surface area (Å²) in [5.74, 6) is 0.799. The summed E-state index contributed by atoms with van der Waals surface area (Å²) < 4.78 is 11.3. The first-order chi connectivity index (χ1) is 17.0. The molecule has 0 aromatic heterocycles. The highest BCUT2D eigenvalue weighted by Gasteiger charge is 2.22. The van der Waals surface area contributed by atoms with Crippen molar-refractivity contribution in [3.05, 3.63) is 95.1 Å². The van der Waals surface area contributed by atoms with Gasteiger partial charge in [0.05, 0.1) is 12.2 Å². The number of carbonyl (C=O) groups excluding carboxylic acids is 2. The summed E-state index contributed by atoms with van der Waals surface area (Å²) in [6, 6.07) is 22.5. The van der Waals surface area contributed by atoms with Gasteiger partial charge >= 0.3 is 0 Å². The number of hydrogen-bond donors (Lipinski definition) is 1. The molecule has 7 heteroatoms. The van der Waals surface area contributed by atoms with E-state index >= 15 is 0 Å². The average Bonchev–Trinajstić information content (AvgIpc) is 2.89. The summed E-state index contributed by atoms with van der Waals surface area (Å²) >= 11 is 0. The van der Waals surface area contributed by atoms with Crippen LogP contribution in [0.3, 0.4) is 0 Å². The van der Waals surface area contributed by atoms with Crippen LogP contribution < -0.4 is 15.2 Å². The molecule has 0 saturated carbocycles. The fourth-order valence-electron chi connectivity index (χ4n) is 4.16. The van der Waals surface area contributed by atoms with Gasteiger partial charge in [0.1, 0.15) is 18.1 Å². The molecule has 0 atom stereocenters. The van der Waals surface area contributed by atoms with Crippen LogP contribution in [0, 0.1) is 0 Å². The minimum atomic E-state index is -0.536. The number of piperazine rings is 1. The number of rotatable bonds is 9. The molecular formula is C28H31N3O4. The van der Waals surface area contributed by atoms with Gasteiger partial charge in [0.25, 0.3) is 11.8 Å². The van der Waals surface area contributed by atoms with Gasteiger partial charge in [-0.25, -0.2) is 0 Å². The van der Waals surface area contributed by atoms with Crippen LogP contribution in [0.25, 0.3) is 0 Å². The molecule has 0 aliphatic carbocycles. The van der Waals surface area contributed by atoms with Gasteiger partial charge in [-0.1, -0.05) is 36.4 Å². The van der Waals surface area contributed by atoms with E-state index in [4.69, 9.17) is 15.2 Å². The number of ether oxygens (including phenoxy) is 2. The van der Waals surface area contributed by atoms with Crippen molar-refractivity contribution in [1.29, 1.82) is 0 Å². The highest BCUT2D eigenvalue weighted by Crippen LogP contribution is 2.20. The molecule has 1 fully saturated rings. The largest absolute Gasteiger partial charge is 0.494 e. The number of nitrogens with zero attached hydrogens (tertiary/aromatic N) is 2. The number of amides is 2. The molecule has 182 valence electrons. The van der Waals surface area contributed by atoms with Crippen LogP contribution in [0.2, 0.25) is 0 Å². The van der Waals surface area contributed by atoms with Crippen molar-refractivity contribution in [3.8, 4) is 11.5 Å². The van der Waals surface area contributed by atoms with E-state index in [1.807, 2.05) is 48.2 Å². The third-order valence-corrected chi connectivity index (χ3v) is 6.02. The van der Waals surface area contributed by atoms with Crippen LogP contribution in [-0.2, 0) is 13.2 Å². The number of para-hydroxylation sites is 1. The first-order valence-corrected chi connectivity index (χ1v) is 11.9. The zero-order chi connectivity index (χ0) is 24.6. The zero-order valence-electron chi connectivity index (χ0n) is 20.0. The Balaban J connectivity index is 1.31. The van der Waals surface area contributed by atoms with Gasteiger partial charge in [-0.2, -0.15) is 0 Å². The Hall–Kier alpha value is -3.84. The molecule has 0 spiro atoms. The van der Waals surface area contributed by atoms with Crippen molar-refractivity contribution in [2.75, 3.05) is 32.8 Å². The second kappa shape index (κ2) is 11.5. The fourth-order valence-corrected chi connectivity index (χ4v) is 4.16. The Morgan fingerprint density at radius 2 is 1.60 bits per heavy atom. The molecule has 3 aromatic carbocycles. The number of hydrogen-bond acceptors (Lipinski definition) is 5. The second-order valence-electron chi connectivity index (χ2n) is 8.49. The number of primary amides is 1. The molecule has 2 N–H and O–H groups in total. The van der Waals surface area contributed by atoms with E-state index in [1.54, 1.807) is 24.3 Å². The third kappa shape index (κ3) is 6.39. The first kappa shape index (κ1) is 24.3. The van der Waals surface area contributed by atoms with E-state index in [0.717, 1.165) is 30.9 Å². The second-order valence-corrected chi connectivity index (χ2v) is 8.49. The lowest BCUT2D eigenvalue weighted by atomic mass is 10.1. The van der Waals surface area contributed by atoms with Gasteiger partial charge in [0, 0.05) is 38.3 Å². The minimum Gasteiger partial charge on any atom is -0.494 e. The van der Waals surface area contributed by atoms with E-state index in [2.05, 4.69) is 17.0 Å². The van der Waals surface area contributed by atoms with Gasteiger partial charge in [0.15, 0.2) is 0 Å². The topological polar surface area (TPSA) is 85.1 Å². The van der Waals surface area contributed by atoms with E-state index in [-0.39, 0.29) is 12.5 Å². The SMILES string of the molecule is CCOc1ccc(CN2CCN(C(=O)c3cccc(COc4ccccc4C(N)=O)c3)CC2)cc1. The molecule has 7 nitrogen and oxygen atoms in total. The Bertz CT molecular complexity index is 1150. The number of benzene rings is 3. The predicted octanol–water partition coefficient (Wildman–Crippen LogP) is 3.72. The normalized spacial score (nSPS) is 13.9. The van der Waals surface area contributed by atoms with Crippen LogP contribution in [0.1, 0.15) is 38.8 Å². The summed E-state index contributed by atoms with van der Waals surface area (Å²) in [6.07, 6.45) is 0. The summed E-state index contributed by atoms with van der Waals surface area (Å²) in [6.45, 7) is 6.75. The standard InChI is InChI=1S/C28H31N3O4/c1-2-34-24-12-10-21(11-13-24)19-30-14-16-31(17-15-30)28(33)23-7-5-6-22(18-23)20-35-26-9-4-3-8-25(26)27(29)32/h3-13,18H,2,14-17,19-20H2,1H3,(H2,29,32). The lowest BCUT2D eigenvalue weighted by Gasteiger charge is -2.35. The molecule has 3 aromatic rings. The van der Waals surface area contributed by atoms with Crippen LogP contribution in [0.4, 0.5) is 0 Å². The number of nitrogens with two attached hydrogens (primary N) is 1. The third-order valence-electron chi connectivity index (χ3n) is 6.02. The predicted molar refractivity (Wildman–Crippen MR) is 135 cm³/mol. The van der Waals surface area contributed by atoms with Gasteiger partial charge < -0.3 is 20.1 Å². The van der Waals surface area contributed by atoms with Crippen molar-refractivity contribution in [2.24, 2.45) is 5.73 Å². The van der Waals surface area contributed by atoms with Crippen molar-refractivity contribution < 1.29 is 19.1 Å². The van der Waals surface area contributed by atoms with E-state index in [9.17, 15) is 9.59 Å². The van der Waals surface area contributed by atoms with Crippen molar-refractivity contribution in [1.82, 2.24) is 9.80 Å². The Morgan fingerprint density at radius 3 is 2.31 bits per heavy atom. The summed E-state index contributed by atoms with van der Waals surface area (Å²) in [4.78, 5) is 29.0. The maximum absolute atomic E-state index is 13.1. The lowest BCUT2D eigenvalue weighted by molar-refractivity contribution is 0.0628. The maximum Gasteiger partial charge on any atom is 0.253 e. The molecule has 1 saturated heterocycles. The average molecular weight is 474 g/mol. The summed E-state index contributed by atoms with van der Waals surface area (Å²) in [5, 5.41) is 0. The minimum absolute atomic E-state index is 0.0186. The molecule has 0 radical (unpaired) electrons. The van der Waals surface area contributed by atoms with Crippen LogP contribution in [0.15, 0.2) is 72.8 Å². The van der Waals surface area contributed by atoms with E-state index in [0.29, 0.717) is 36.6 Å². The molecule has 35 heavy (non-hydrogen) atoms. The summed E-state index contributed by atoms with van der Waals surface area (Å²) in [5.41, 5.74) is 8.48. The molecule has 4 rings (SSSR count). The quantitative estimate of drug-likeness (QED) is 0.512.